The summed E-state index contributed by atoms with van der Waals surface area (Å²) in [5.74, 6) is 2.16. The van der Waals surface area contributed by atoms with E-state index in [9.17, 15) is 0 Å². The lowest BCUT2D eigenvalue weighted by molar-refractivity contribution is 0.345. The van der Waals surface area contributed by atoms with E-state index in [0.29, 0.717) is 0 Å². The standard InChI is InChI=1S/C24H34N6/c1-5-24(3,4)13-19-15-26-22(28-19)21(25)16(2)17-8-10-20(11-9-17)30-12-6-7-18-14-27-29-23(18)30/h8-11,14-16,21H,5-7,12-13,25H2,1-4H3,(H,26,28)(H,27,29). The maximum absolute atomic E-state index is 6.59. The molecule has 2 aromatic heterocycles. The number of nitrogens with one attached hydrogen (secondary N) is 2. The Bertz CT molecular complexity index is 968. The number of nitrogens with zero attached hydrogens (tertiary/aromatic N) is 3. The number of hydrogen-bond donors (Lipinski definition) is 3. The van der Waals surface area contributed by atoms with Crippen LogP contribution in [0.15, 0.2) is 36.7 Å². The highest BCUT2D eigenvalue weighted by Gasteiger charge is 2.23. The van der Waals surface area contributed by atoms with Gasteiger partial charge in [0.25, 0.3) is 0 Å². The van der Waals surface area contributed by atoms with E-state index in [4.69, 9.17) is 5.73 Å². The van der Waals surface area contributed by atoms with Crippen molar-refractivity contribution in [3.05, 3.63) is 59.3 Å². The van der Waals surface area contributed by atoms with Gasteiger partial charge in [0.05, 0.1) is 12.2 Å². The van der Waals surface area contributed by atoms with E-state index in [1.54, 1.807) is 0 Å². The van der Waals surface area contributed by atoms with Crippen molar-refractivity contribution in [2.24, 2.45) is 11.1 Å². The van der Waals surface area contributed by atoms with Crippen LogP contribution in [0.1, 0.15) is 75.1 Å². The second-order valence-corrected chi connectivity index (χ2v) is 9.39. The van der Waals surface area contributed by atoms with Gasteiger partial charge in [0.15, 0.2) is 0 Å². The summed E-state index contributed by atoms with van der Waals surface area (Å²) in [6.07, 6.45) is 8.24. The first kappa shape index (κ1) is 20.7. The number of imidazole rings is 1. The van der Waals surface area contributed by atoms with Gasteiger partial charge in [0, 0.05) is 35.6 Å². The number of nitrogens with two attached hydrogens (primary N) is 1. The van der Waals surface area contributed by atoms with E-state index in [0.717, 1.165) is 49.6 Å². The molecule has 1 aliphatic rings. The van der Waals surface area contributed by atoms with Crippen LogP contribution in [-0.4, -0.2) is 26.7 Å². The number of anilines is 2. The molecular formula is C24H34N6. The lowest BCUT2D eigenvalue weighted by Gasteiger charge is -2.28. The number of aromatic nitrogens is 4. The Kier molecular flexibility index (Phi) is 5.69. The number of rotatable bonds is 7. The molecule has 0 bridgehead atoms. The molecule has 1 aliphatic heterocycles. The zero-order chi connectivity index (χ0) is 21.3. The first-order valence-corrected chi connectivity index (χ1v) is 11.1. The Balaban J connectivity index is 1.47. The summed E-state index contributed by atoms with van der Waals surface area (Å²) in [4.78, 5) is 10.4. The van der Waals surface area contributed by atoms with Crippen molar-refractivity contribution in [2.75, 3.05) is 11.4 Å². The molecule has 0 saturated heterocycles. The Labute approximate surface area is 179 Å². The van der Waals surface area contributed by atoms with E-state index >= 15 is 0 Å². The summed E-state index contributed by atoms with van der Waals surface area (Å²) in [5.41, 5.74) is 11.7. The normalized spacial score (nSPS) is 16.4. The molecule has 0 amide bonds. The van der Waals surface area contributed by atoms with Crippen LogP contribution in [-0.2, 0) is 12.8 Å². The van der Waals surface area contributed by atoms with E-state index < -0.39 is 0 Å². The monoisotopic (exact) mass is 406 g/mol. The molecule has 3 heterocycles. The van der Waals surface area contributed by atoms with E-state index in [-0.39, 0.29) is 17.4 Å². The van der Waals surface area contributed by atoms with Gasteiger partial charge in [-0.15, -0.1) is 0 Å². The third kappa shape index (κ3) is 4.15. The molecule has 2 atom stereocenters. The number of hydrogen-bond acceptors (Lipinski definition) is 4. The summed E-state index contributed by atoms with van der Waals surface area (Å²) in [5, 5.41) is 7.37. The highest BCUT2D eigenvalue weighted by Crippen LogP contribution is 2.34. The quantitative estimate of drug-likeness (QED) is 0.515. The third-order valence-electron chi connectivity index (χ3n) is 6.65. The van der Waals surface area contributed by atoms with E-state index in [2.05, 4.69) is 77.0 Å². The van der Waals surface area contributed by atoms with Gasteiger partial charge in [-0.1, -0.05) is 46.2 Å². The van der Waals surface area contributed by atoms with Gasteiger partial charge >= 0.3 is 0 Å². The van der Waals surface area contributed by atoms with Crippen molar-refractivity contribution >= 4 is 11.5 Å². The molecule has 0 radical (unpaired) electrons. The van der Waals surface area contributed by atoms with Crippen LogP contribution >= 0.6 is 0 Å². The maximum Gasteiger partial charge on any atom is 0.131 e. The Hall–Kier alpha value is -2.60. The van der Waals surface area contributed by atoms with Crippen LogP contribution < -0.4 is 10.6 Å². The van der Waals surface area contributed by atoms with Gasteiger partial charge in [-0.2, -0.15) is 5.10 Å². The number of H-pyrrole nitrogens is 2. The molecule has 0 fully saturated rings. The maximum atomic E-state index is 6.59. The second kappa shape index (κ2) is 8.26. The average Bonchev–Trinajstić information content (AvgIpc) is 3.42. The van der Waals surface area contributed by atoms with Gasteiger partial charge < -0.3 is 15.6 Å². The summed E-state index contributed by atoms with van der Waals surface area (Å²) >= 11 is 0. The highest BCUT2D eigenvalue weighted by atomic mass is 15.3. The van der Waals surface area contributed by atoms with Gasteiger partial charge in [-0.3, -0.25) is 5.10 Å². The zero-order valence-electron chi connectivity index (χ0n) is 18.6. The minimum atomic E-state index is -0.163. The van der Waals surface area contributed by atoms with Crippen LogP contribution in [0.25, 0.3) is 0 Å². The summed E-state index contributed by atoms with van der Waals surface area (Å²) in [6, 6.07) is 8.59. The molecule has 4 rings (SSSR count). The van der Waals surface area contributed by atoms with Crippen LogP contribution in [0, 0.1) is 5.41 Å². The molecule has 0 spiro atoms. The fraction of sp³-hybridized carbons (Fsp3) is 0.500. The van der Waals surface area contributed by atoms with Crippen molar-refractivity contribution in [1.82, 2.24) is 20.2 Å². The van der Waals surface area contributed by atoms with Gasteiger partial charge in [0.1, 0.15) is 11.6 Å². The van der Waals surface area contributed by atoms with Gasteiger partial charge in [-0.25, -0.2) is 4.98 Å². The molecule has 1 aromatic carbocycles. The first-order valence-electron chi connectivity index (χ1n) is 11.1. The molecule has 30 heavy (non-hydrogen) atoms. The van der Waals surface area contributed by atoms with Crippen molar-refractivity contribution in [1.29, 1.82) is 0 Å². The predicted octanol–water partition coefficient (Wildman–Crippen LogP) is 5.00. The van der Waals surface area contributed by atoms with E-state index in [1.165, 1.54) is 16.8 Å². The Morgan fingerprint density at radius 2 is 1.97 bits per heavy atom. The van der Waals surface area contributed by atoms with Crippen molar-refractivity contribution in [3.8, 4) is 0 Å². The predicted molar refractivity (Wildman–Crippen MR) is 122 cm³/mol. The molecule has 0 saturated carbocycles. The number of benzene rings is 1. The second-order valence-electron chi connectivity index (χ2n) is 9.39. The van der Waals surface area contributed by atoms with Crippen LogP contribution in [0.3, 0.4) is 0 Å². The average molecular weight is 407 g/mol. The molecule has 160 valence electrons. The fourth-order valence-electron chi connectivity index (χ4n) is 4.20. The lowest BCUT2D eigenvalue weighted by atomic mass is 9.85. The van der Waals surface area contributed by atoms with Gasteiger partial charge in [0.2, 0.25) is 0 Å². The van der Waals surface area contributed by atoms with Crippen molar-refractivity contribution in [2.45, 2.75) is 65.3 Å². The smallest absolute Gasteiger partial charge is 0.131 e. The Morgan fingerprint density at radius 3 is 2.70 bits per heavy atom. The number of fused-ring (bicyclic) bond motifs is 1. The topological polar surface area (TPSA) is 86.6 Å². The van der Waals surface area contributed by atoms with Crippen molar-refractivity contribution < 1.29 is 0 Å². The first-order chi connectivity index (χ1) is 14.4. The summed E-state index contributed by atoms with van der Waals surface area (Å²) < 4.78 is 0. The zero-order valence-corrected chi connectivity index (χ0v) is 18.6. The molecule has 6 heteroatoms. The number of aromatic amines is 2. The largest absolute Gasteiger partial charge is 0.345 e. The lowest BCUT2D eigenvalue weighted by Crippen LogP contribution is -2.24. The third-order valence-corrected chi connectivity index (χ3v) is 6.65. The van der Waals surface area contributed by atoms with Crippen LogP contribution in [0.5, 0.6) is 0 Å². The molecule has 3 aromatic rings. The minimum absolute atomic E-state index is 0.163. The molecule has 4 N–H and O–H groups in total. The fourth-order valence-corrected chi connectivity index (χ4v) is 4.20. The van der Waals surface area contributed by atoms with E-state index in [1.807, 2.05) is 12.4 Å². The van der Waals surface area contributed by atoms with Crippen LogP contribution in [0.2, 0.25) is 0 Å². The summed E-state index contributed by atoms with van der Waals surface area (Å²) in [6.45, 7) is 9.97. The SMILES string of the molecule is CCC(C)(C)Cc1cnc(C(N)C(C)c2ccc(N3CCCc4cn[nH]c43)cc2)[nH]1. The van der Waals surface area contributed by atoms with Gasteiger partial charge in [-0.05, 0) is 42.4 Å². The molecule has 6 nitrogen and oxygen atoms in total. The molecule has 0 aliphatic carbocycles. The van der Waals surface area contributed by atoms with Crippen LogP contribution in [0.4, 0.5) is 11.5 Å². The minimum Gasteiger partial charge on any atom is -0.345 e. The summed E-state index contributed by atoms with van der Waals surface area (Å²) in [7, 11) is 0. The molecule has 2 unspecified atom stereocenters. The Morgan fingerprint density at radius 1 is 1.20 bits per heavy atom. The van der Waals surface area contributed by atoms with Crippen molar-refractivity contribution in [3.63, 3.8) is 0 Å². The highest BCUT2D eigenvalue weighted by molar-refractivity contribution is 5.64. The number of aryl methyl sites for hydroxylation is 1. The molecular weight excluding hydrogens is 372 g/mol.